The first-order valence-electron chi connectivity index (χ1n) is 14.6. The van der Waals surface area contributed by atoms with Crippen molar-refractivity contribution in [1.29, 1.82) is 5.26 Å². The van der Waals surface area contributed by atoms with Gasteiger partial charge in [-0.05, 0) is 42.7 Å². The van der Waals surface area contributed by atoms with E-state index in [-0.39, 0.29) is 10.4 Å². The molecule has 0 spiro atoms. The average molecular weight is 632 g/mol. The molecule has 0 amide bonds. The average Bonchev–Trinajstić information content (AvgIpc) is 3.41. The number of benzene rings is 2. The van der Waals surface area contributed by atoms with Crippen LogP contribution in [0.5, 0.6) is 0 Å². The van der Waals surface area contributed by atoms with Crippen molar-refractivity contribution < 1.29 is 13.9 Å². The van der Waals surface area contributed by atoms with E-state index in [4.69, 9.17) is 21.3 Å². The van der Waals surface area contributed by atoms with E-state index >= 15 is 0 Å². The summed E-state index contributed by atoms with van der Waals surface area (Å²) in [6.45, 7) is 4.73. The number of fused-ring (bicyclic) bond motifs is 1. The Labute approximate surface area is 264 Å². The number of nitrogens with zero attached hydrogens (tertiary/aromatic N) is 6. The summed E-state index contributed by atoms with van der Waals surface area (Å²) >= 11 is 7.94. The molecule has 0 unspecified atom stereocenters. The van der Waals surface area contributed by atoms with Gasteiger partial charge in [0.15, 0.2) is 10.8 Å². The number of ether oxygens (including phenoxy) is 1. The van der Waals surface area contributed by atoms with Crippen LogP contribution in [-0.4, -0.2) is 79.1 Å². The van der Waals surface area contributed by atoms with E-state index < -0.39 is 17.8 Å². The first kappa shape index (κ1) is 28.9. The zero-order chi connectivity index (χ0) is 30.4. The molecule has 7 rings (SSSR count). The van der Waals surface area contributed by atoms with Gasteiger partial charge in [0, 0.05) is 72.3 Å². The van der Waals surface area contributed by atoms with Crippen LogP contribution in [0.15, 0.2) is 70.3 Å². The predicted octanol–water partition coefficient (Wildman–Crippen LogP) is 4.47. The molecule has 3 fully saturated rings. The molecule has 1 aromatic heterocycles. The quantitative estimate of drug-likeness (QED) is 0.382. The fourth-order valence-corrected chi connectivity index (χ4v) is 7.31. The van der Waals surface area contributed by atoms with Gasteiger partial charge >= 0.3 is 5.97 Å². The number of thiazole rings is 1. The third kappa shape index (κ3) is 5.37. The minimum absolute atomic E-state index is 0.188. The number of nitriles is 1. The van der Waals surface area contributed by atoms with E-state index in [1.54, 1.807) is 12.3 Å². The smallest absolute Gasteiger partial charge is 0.338 e. The zero-order valence-electron chi connectivity index (χ0n) is 24.2. The Morgan fingerprint density at radius 1 is 1.23 bits per heavy atom. The number of aromatic nitrogens is 1. The van der Waals surface area contributed by atoms with Crippen molar-refractivity contribution in [2.45, 2.75) is 30.3 Å². The lowest BCUT2D eigenvalue weighted by Gasteiger charge is -2.38. The molecule has 3 aromatic rings. The van der Waals surface area contributed by atoms with E-state index in [1.165, 1.54) is 30.6 Å². The van der Waals surface area contributed by atoms with Crippen LogP contribution < -0.4 is 10.2 Å². The molecule has 9 nitrogen and oxygen atoms in total. The number of rotatable bonds is 7. The molecule has 1 saturated carbocycles. The number of carbonyl (C=O) groups is 1. The summed E-state index contributed by atoms with van der Waals surface area (Å²) in [7, 11) is 1.35. The monoisotopic (exact) mass is 631 g/mol. The number of hydrogen-bond acceptors (Lipinski definition) is 10. The van der Waals surface area contributed by atoms with Gasteiger partial charge in [-0.15, -0.1) is 11.3 Å². The fourth-order valence-electron chi connectivity index (χ4n) is 6.45. The Hall–Kier alpha value is -3.82. The SMILES string of the molecule is COC(=O)C1=C(CN2CCN3CN(c4ccc(C5(C#N)CC5)cc4)C[C@@H]3C2)NC(c2nccs2)=N[C@H]1c1ccc(F)cc1Cl. The molecule has 2 atom stereocenters. The molecule has 2 saturated heterocycles. The molecule has 44 heavy (non-hydrogen) atoms. The Morgan fingerprint density at radius 3 is 2.73 bits per heavy atom. The van der Waals surface area contributed by atoms with Gasteiger partial charge in [-0.3, -0.25) is 14.8 Å². The third-order valence-corrected chi connectivity index (χ3v) is 10.1. The summed E-state index contributed by atoms with van der Waals surface area (Å²) in [5.74, 6) is -0.445. The van der Waals surface area contributed by atoms with E-state index in [0.717, 1.165) is 56.9 Å². The van der Waals surface area contributed by atoms with Gasteiger partial charge in [0.2, 0.25) is 0 Å². The standard InChI is InChI=1S/C32H31ClFN7O2S/c1-43-31(42)27-26(37-29(30-36-10-13-44-30)38-28(27)24-7-4-21(34)14-25(24)33)17-39-11-12-40-19-41(16-23(40)15-39)22-5-2-20(3-6-22)32(18-35)8-9-32/h2-7,10,13-14,23,28H,8-9,11-12,15-17,19H2,1H3,(H,37,38)/t23-,28-/m0/s1. The van der Waals surface area contributed by atoms with Gasteiger partial charge in [-0.25, -0.2) is 14.2 Å². The first-order valence-corrected chi connectivity index (χ1v) is 15.9. The van der Waals surface area contributed by atoms with Crippen molar-refractivity contribution in [2.24, 2.45) is 4.99 Å². The minimum atomic E-state index is -0.784. The van der Waals surface area contributed by atoms with E-state index in [9.17, 15) is 14.4 Å². The summed E-state index contributed by atoms with van der Waals surface area (Å²) in [6.07, 6.45) is 3.58. The zero-order valence-corrected chi connectivity index (χ0v) is 25.7. The Bertz CT molecular complexity index is 1680. The molecule has 1 N–H and O–H groups in total. The minimum Gasteiger partial charge on any atom is -0.466 e. The summed E-state index contributed by atoms with van der Waals surface area (Å²) in [6, 6.07) is 14.6. The fraction of sp³-hybridized carbons (Fsp3) is 0.375. The van der Waals surface area contributed by atoms with Crippen LogP contribution in [0.2, 0.25) is 5.02 Å². The molecule has 1 aliphatic carbocycles. The van der Waals surface area contributed by atoms with Crippen LogP contribution in [0, 0.1) is 17.1 Å². The number of piperazine rings is 1. The van der Waals surface area contributed by atoms with E-state index in [0.29, 0.717) is 40.3 Å². The molecule has 226 valence electrons. The largest absolute Gasteiger partial charge is 0.466 e. The molecule has 4 heterocycles. The van der Waals surface area contributed by atoms with Crippen molar-refractivity contribution in [2.75, 3.05) is 51.4 Å². The van der Waals surface area contributed by atoms with Crippen molar-refractivity contribution in [3.63, 3.8) is 0 Å². The van der Waals surface area contributed by atoms with Crippen LogP contribution >= 0.6 is 22.9 Å². The van der Waals surface area contributed by atoms with Crippen LogP contribution in [0.4, 0.5) is 10.1 Å². The van der Waals surface area contributed by atoms with Gasteiger partial charge in [0.05, 0.1) is 30.8 Å². The van der Waals surface area contributed by atoms with Crippen LogP contribution in [0.1, 0.15) is 35.0 Å². The first-order chi connectivity index (χ1) is 21.4. The maximum Gasteiger partial charge on any atom is 0.338 e. The predicted molar refractivity (Wildman–Crippen MR) is 167 cm³/mol. The van der Waals surface area contributed by atoms with Gasteiger partial charge in [0.1, 0.15) is 11.9 Å². The van der Waals surface area contributed by atoms with E-state index in [1.807, 2.05) is 5.38 Å². The Morgan fingerprint density at radius 2 is 2.05 bits per heavy atom. The summed E-state index contributed by atoms with van der Waals surface area (Å²) in [5.41, 5.74) is 3.54. The van der Waals surface area contributed by atoms with Crippen LogP contribution in [0.3, 0.4) is 0 Å². The van der Waals surface area contributed by atoms with E-state index in [2.05, 4.69) is 55.3 Å². The topological polar surface area (TPSA) is 97.1 Å². The van der Waals surface area contributed by atoms with Gasteiger partial charge in [-0.1, -0.05) is 29.8 Å². The number of anilines is 1. The number of carbonyl (C=O) groups excluding carboxylic acids is 1. The maximum atomic E-state index is 14.0. The summed E-state index contributed by atoms with van der Waals surface area (Å²) in [4.78, 5) is 29.8. The number of methoxy groups -OCH3 is 1. The van der Waals surface area contributed by atoms with Crippen LogP contribution in [-0.2, 0) is 14.9 Å². The Kier molecular flexibility index (Phi) is 7.62. The highest BCUT2D eigenvalue weighted by Gasteiger charge is 2.45. The molecule has 4 aliphatic rings. The lowest BCUT2D eigenvalue weighted by Crippen LogP contribution is -2.52. The van der Waals surface area contributed by atoms with Crippen molar-refractivity contribution in [3.8, 4) is 6.07 Å². The van der Waals surface area contributed by atoms with Crippen molar-refractivity contribution >= 4 is 40.4 Å². The number of aliphatic imine (C=N–C) groups is 1. The third-order valence-electron chi connectivity index (χ3n) is 9.03. The molecule has 12 heteroatoms. The second-order valence-corrected chi connectivity index (χ2v) is 13.0. The highest BCUT2D eigenvalue weighted by atomic mass is 35.5. The number of amidine groups is 1. The number of nitrogens with one attached hydrogen (secondary N) is 1. The summed E-state index contributed by atoms with van der Waals surface area (Å²) in [5, 5.41) is 15.7. The second-order valence-electron chi connectivity index (χ2n) is 11.7. The maximum absolute atomic E-state index is 14.0. The Balaban J connectivity index is 1.13. The van der Waals surface area contributed by atoms with Crippen LogP contribution in [0.25, 0.3) is 0 Å². The number of halogens is 2. The molecular formula is C32H31ClFN7O2S. The van der Waals surface area contributed by atoms with Gasteiger partial charge in [-0.2, -0.15) is 5.26 Å². The lowest BCUT2D eigenvalue weighted by molar-refractivity contribution is -0.136. The lowest BCUT2D eigenvalue weighted by atomic mass is 9.95. The normalized spacial score (nSPS) is 23.0. The molecule has 0 bridgehead atoms. The summed E-state index contributed by atoms with van der Waals surface area (Å²) < 4.78 is 19.2. The highest BCUT2D eigenvalue weighted by molar-refractivity contribution is 7.11. The number of hydrogen-bond donors (Lipinski definition) is 1. The highest BCUT2D eigenvalue weighted by Crippen LogP contribution is 2.47. The van der Waals surface area contributed by atoms with Gasteiger partial charge in [0.25, 0.3) is 0 Å². The second kappa shape index (κ2) is 11.6. The van der Waals surface area contributed by atoms with Crippen molar-refractivity contribution in [1.82, 2.24) is 20.1 Å². The molecular weight excluding hydrogens is 601 g/mol. The van der Waals surface area contributed by atoms with Gasteiger partial charge < -0.3 is 15.0 Å². The van der Waals surface area contributed by atoms with Crippen molar-refractivity contribution in [3.05, 3.63) is 92.3 Å². The number of esters is 1. The molecule has 0 radical (unpaired) electrons. The molecule has 3 aliphatic heterocycles. The molecule has 2 aromatic carbocycles.